The molecule has 2 aromatic heterocycles. The first-order valence-electron chi connectivity index (χ1n) is 7.76. The topological polar surface area (TPSA) is 57.1 Å². The van der Waals surface area contributed by atoms with Crippen molar-refractivity contribution in [2.45, 2.75) is 13.3 Å². The van der Waals surface area contributed by atoms with Crippen molar-refractivity contribution in [2.24, 2.45) is 0 Å². The zero-order valence-corrected chi connectivity index (χ0v) is 13.8. The minimum absolute atomic E-state index is 0.519. The van der Waals surface area contributed by atoms with Crippen LogP contribution in [0.3, 0.4) is 0 Å². The Bertz CT molecular complexity index is 789. The maximum atomic E-state index is 5.88. The van der Waals surface area contributed by atoms with Crippen LogP contribution < -0.4 is 4.74 Å². The molecule has 0 amide bonds. The standard InChI is InChI=1S/C19H19N3O2/c1-14-12-18(22-19(21-14)16-4-3-10-20-13-16)24-17-7-5-15(6-8-17)9-11-23-2/h3-8,10,12-13H,9,11H2,1-2H3. The Labute approximate surface area is 141 Å². The molecule has 0 spiro atoms. The van der Waals surface area contributed by atoms with Gasteiger partial charge in [0.25, 0.3) is 0 Å². The summed E-state index contributed by atoms with van der Waals surface area (Å²) in [7, 11) is 1.70. The van der Waals surface area contributed by atoms with Crippen LogP contribution in [-0.2, 0) is 11.2 Å². The van der Waals surface area contributed by atoms with Crippen molar-refractivity contribution in [3.05, 3.63) is 66.1 Å². The number of hydrogen-bond acceptors (Lipinski definition) is 5. The van der Waals surface area contributed by atoms with Gasteiger partial charge in [-0.2, -0.15) is 4.98 Å². The summed E-state index contributed by atoms with van der Waals surface area (Å²) in [5.74, 6) is 1.87. The lowest BCUT2D eigenvalue weighted by Gasteiger charge is -2.08. The molecule has 0 unspecified atom stereocenters. The van der Waals surface area contributed by atoms with Crippen molar-refractivity contribution in [2.75, 3.05) is 13.7 Å². The number of aromatic nitrogens is 3. The van der Waals surface area contributed by atoms with Crippen LogP contribution in [0, 0.1) is 6.92 Å². The second-order valence-electron chi connectivity index (χ2n) is 5.40. The number of ether oxygens (including phenoxy) is 2. The molecule has 2 heterocycles. The third-order valence-electron chi connectivity index (χ3n) is 3.49. The van der Waals surface area contributed by atoms with E-state index >= 15 is 0 Å². The van der Waals surface area contributed by atoms with Crippen molar-refractivity contribution in [3.63, 3.8) is 0 Å². The number of hydrogen-bond donors (Lipinski definition) is 0. The molecular formula is C19H19N3O2. The normalized spacial score (nSPS) is 10.6. The minimum Gasteiger partial charge on any atom is -0.439 e. The lowest BCUT2D eigenvalue weighted by molar-refractivity contribution is 0.202. The van der Waals surface area contributed by atoms with Crippen molar-refractivity contribution in [3.8, 4) is 23.0 Å². The zero-order valence-electron chi connectivity index (χ0n) is 13.8. The smallest absolute Gasteiger partial charge is 0.223 e. The molecular weight excluding hydrogens is 302 g/mol. The van der Waals surface area contributed by atoms with Crippen LogP contribution in [-0.4, -0.2) is 28.7 Å². The SMILES string of the molecule is COCCc1ccc(Oc2cc(C)nc(-c3cccnc3)n2)cc1. The molecule has 24 heavy (non-hydrogen) atoms. The van der Waals surface area contributed by atoms with Gasteiger partial charge >= 0.3 is 0 Å². The zero-order chi connectivity index (χ0) is 16.8. The summed E-state index contributed by atoms with van der Waals surface area (Å²) in [6.07, 6.45) is 4.35. The van der Waals surface area contributed by atoms with Gasteiger partial charge in [-0.25, -0.2) is 4.98 Å². The Morgan fingerprint density at radius 2 is 1.88 bits per heavy atom. The molecule has 0 N–H and O–H groups in total. The predicted octanol–water partition coefficient (Wildman–Crippen LogP) is 3.83. The van der Waals surface area contributed by atoms with E-state index in [4.69, 9.17) is 9.47 Å². The van der Waals surface area contributed by atoms with E-state index in [1.54, 1.807) is 19.5 Å². The van der Waals surface area contributed by atoms with E-state index in [0.29, 0.717) is 18.3 Å². The minimum atomic E-state index is 0.519. The first-order valence-corrected chi connectivity index (χ1v) is 7.76. The summed E-state index contributed by atoms with van der Waals surface area (Å²) in [4.78, 5) is 13.0. The maximum Gasteiger partial charge on any atom is 0.223 e. The molecule has 0 aliphatic rings. The van der Waals surface area contributed by atoms with Crippen molar-refractivity contribution < 1.29 is 9.47 Å². The average molecular weight is 321 g/mol. The largest absolute Gasteiger partial charge is 0.439 e. The summed E-state index contributed by atoms with van der Waals surface area (Å²) < 4.78 is 11.0. The second-order valence-corrected chi connectivity index (χ2v) is 5.40. The molecule has 1 aromatic carbocycles. The van der Waals surface area contributed by atoms with Gasteiger partial charge in [-0.05, 0) is 43.2 Å². The number of aryl methyl sites for hydroxylation is 1. The van der Waals surface area contributed by atoms with Crippen molar-refractivity contribution in [1.82, 2.24) is 15.0 Å². The average Bonchev–Trinajstić information content (AvgIpc) is 2.61. The second kappa shape index (κ2) is 7.66. The monoisotopic (exact) mass is 321 g/mol. The van der Waals surface area contributed by atoms with E-state index in [0.717, 1.165) is 23.4 Å². The van der Waals surface area contributed by atoms with E-state index in [-0.39, 0.29) is 0 Å². The number of pyridine rings is 1. The molecule has 0 aliphatic heterocycles. The fraction of sp³-hybridized carbons (Fsp3) is 0.211. The summed E-state index contributed by atoms with van der Waals surface area (Å²) in [5, 5.41) is 0. The molecule has 0 radical (unpaired) electrons. The number of nitrogens with zero attached hydrogens (tertiary/aromatic N) is 3. The van der Waals surface area contributed by atoms with Gasteiger partial charge in [0.15, 0.2) is 5.82 Å². The van der Waals surface area contributed by atoms with Gasteiger partial charge in [-0.1, -0.05) is 12.1 Å². The molecule has 0 aliphatic carbocycles. The number of rotatable bonds is 6. The molecule has 0 fully saturated rings. The highest BCUT2D eigenvalue weighted by Gasteiger charge is 2.07. The summed E-state index contributed by atoms with van der Waals surface area (Å²) in [6, 6.07) is 13.5. The number of benzene rings is 1. The summed E-state index contributed by atoms with van der Waals surface area (Å²) >= 11 is 0. The fourth-order valence-corrected chi connectivity index (χ4v) is 2.28. The van der Waals surface area contributed by atoms with Crippen LogP contribution >= 0.6 is 0 Å². The fourth-order valence-electron chi connectivity index (χ4n) is 2.28. The maximum absolute atomic E-state index is 5.88. The Balaban J connectivity index is 1.79. The molecule has 5 heteroatoms. The van der Waals surface area contributed by atoms with Crippen molar-refractivity contribution >= 4 is 0 Å². The quantitative estimate of drug-likeness (QED) is 0.690. The van der Waals surface area contributed by atoms with Crippen LogP contribution in [0.4, 0.5) is 0 Å². The van der Waals surface area contributed by atoms with Crippen LogP contribution in [0.15, 0.2) is 54.9 Å². The Morgan fingerprint density at radius 3 is 2.58 bits per heavy atom. The van der Waals surface area contributed by atoms with E-state index < -0.39 is 0 Å². The molecule has 0 bridgehead atoms. The highest BCUT2D eigenvalue weighted by molar-refractivity contribution is 5.54. The van der Waals surface area contributed by atoms with E-state index in [9.17, 15) is 0 Å². The summed E-state index contributed by atoms with van der Waals surface area (Å²) in [5.41, 5.74) is 2.91. The van der Waals surface area contributed by atoms with Crippen LogP contribution in [0.1, 0.15) is 11.3 Å². The highest BCUT2D eigenvalue weighted by atomic mass is 16.5. The Kier molecular flexibility index (Phi) is 5.13. The van der Waals surface area contributed by atoms with Gasteiger partial charge in [0.1, 0.15) is 5.75 Å². The first kappa shape index (κ1) is 16.1. The van der Waals surface area contributed by atoms with E-state index in [1.165, 1.54) is 5.56 Å². The van der Waals surface area contributed by atoms with Gasteiger partial charge in [0.05, 0.1) is 6.61 Å². The van der Waals surface area contributed by atoms with Gasteiger partial charge in [0.2, 0.25) is 5.88 Å². The van der Waals surface area contributed by atoms with E-state index in [1.807, 2.05) is 49.4 Å². The third kappa shape index (κ3) is 4.14. The van der Waals surface area contributed by atoms with Gasteiger partial charge in [0, 0.05) is 36.8 Å². The van der Waals surface area contributed by atoms with Gasteiger partial charge in [-0.3, -0.25) is 4.98 Å². The molecule has 3 rings (SSSR count). The highest BCUT2D eigenvalue weighted by Crippen LogP contribution is 2.23. The Morgan fingerprint density at radius 1 is 1.04 bits per heavy atom. The van der Waals surface area contributed by atoms with Crippen molar-refractivity contribution in [1.29, 1.82) is 0 Å². The lowest BCUT2D eigenvalue weighted by atomic mass is 10.1. The van der Waals surface area contributed by atoms with Crippen LogP contribution in [0.25, 0.3) is 11.4 Å². The molecule has 3 aromatic rings. The predicted molar refractivity (Wildman–Crippen MR) is 92.1 cm³/mol. The summed E-state index contributed by atoms with van der Waals surface area (Å²) in [6.45, 7) is 2.63. The molecule has 5 nitrogen and oxygen atoms in total. The Hall–Kier alpha value is -2.79. The molecule has 122 valence electrons. The van der Waals surface area contributed by atoms with Gasteiger partial charge in [-0.15, -0.1) is 0 Å². The van der Waals surface area contributed by atoms with Crippen LogP contribution in [0.5, 0.6) is 11.6 Å². The number of methoxy groups -OCH3 is 1. The first-order chi connectivity index (χ1) is 11.7. The van der Waals surface area contributed by atoms with Gasteiger partial charge < -0.3 is 9.47 Å². The van der Waals surface area contributed by atoms with Crippen LogP contribution in [0.2, 0.25) is 0 Å². The third-order valence-corrected chi connectivity index (χ3v) is 3.49. The molecule has 0 saturated carbocycles. The van der Waals surface area contributed by atoms with E-state index in [2.05, 4.69) is 15.0 Å². The molecule has 0 saturated heterocycles. The lowest BCUT2D eigenvalue weighted by Crippen LogP contribution is -1.97. The molecule has 0 atom stereocenters.